The van der Waals surface area contributed by atoms with Gasteiger partial charge in [0, 0.05) is 10.6 Å². The monoisotopic (exact) mass is 288 g/mol. The molecule has 3 nitrogen and oxygen atoms in total. The van der Waals surface area contributed by atoms with Crippen LogP contribution < -0.4 is 4.74 Å². The van der Waals surface area contributed by atoms with Crippen LogP contribution in [0.2, 0.25) is 5.02 Å². The second-order valence-electron chi connectivity index (χ2n) is 4.26. The highest BCUT2D eigenvalue weighted by Gasteiger charge is 2.02. The van der Waals surface area contributed by atoms with E-state index in [0.29, 0.717) is 16.5 Å². The number of halogens is 1. The molecule has 2 rings (SSSR count). The van der Waals surface area contributed by atoms with E-state index in [1.165, 1.54) is 0 Å². The summed E-state index contributed by atoms with van der Waals surface area (Å²) in [6, 6.07) is 14.3. The molecule has 0 spiro atoms. The van der Waals surface area contributed by atoms with Crippen LogP contribution in [-0.4, -0.2) is 11.1 Å². The Morgan fingerprint density at radius 2 is 1.85 bits per heavy atom. The number of aliphatic carboxylic acids is 1. The lowest BCUT2D eigenvalue weighted by atomic mass is 10.1. The number of carbonyl (C=O) groups is 1. The average Bonchev–Trinajstić information content (AvgIpc) is 2.42. The zero-order valence-electron chi connectivity index (χ0n) is 10.8. The molecule has 0 aromatic heterocycles. The highest BCUT2D eigenvalue weighted by molar-refractivity contribution is 6.30. The lowest BCUT2D eigenvalue weighted by Crippen LogP contribution is -1.95. The first kappa shape index (κ1) is 14.2. The molecule has 0 amide bonds. The van der Waals surface area contributed by atoms with Crippen molar-refractivity contribution < 1.29 is 14.6 Å². The minimum absolute atomic E-state index is 0.272. The van der Waals surface area contributed by atoms with E-state index in [0.717, 1.165) is 5.56 Å². The number of carboxylic acid groups (broad SMARTS) is 1. The van der Waals surface area contributed by atoms with E-state index in [1.54, 1.807) is 43.3 Å². The second kappa shape index (κ2) is 6.26. The molecule has 0 unspecified atom stereocenters. The normalized spacial score (nSPS) is 11.2. The average molecular weight is 289 g/mol. The van der Waals surface area contributed by atoms with Crippen molar-refractivity contribution >= 4 is 23.6 Å². The predicted molar refractivity (Wildman–Crippen MR) is 79.3 cm³/mol. The lowest BCUT2D eigenvalue weighted by molar-refractivity contribution is -0.132. The highest BCUT2D eigenvalue weighted by atomic mass is 35.5. The number of hydrogen-bond donors (Lipinski definition) is 1. The van der Waals surface area contributed by atoms with Crippen molar-refractivity contribution in [2.45, 2.75) is 6.92 Å². The van der Waals surface area contributed by atoms with E-state index in [2.05, 4.69) is 0 Å². The molecule has 0 heterocycles. The van der Waals surface area contributed by atoms with Crippen molar-refractivity contribution in [3.05, 3.63) is 64.7 Å². The lowest BCUT2D eigenvalue weighted by Gasteiger charge is -2.06. The summed E-state index contributed by atoms with van der Waals surface area (Å²) in [6.45, 7) is 1.55. The van der Waals surface area contributed by atoms with Crippen LogP contribution >= 0.6 is 11.6 Å². The van der Waals surface area contributed by atoms with Gasteiger partial charge < -0.3 is 9.84 Å². The first-order valence-corrected chi connectivity index (χ1v) is 6.37. The summed E-state index contributed by atoms with van der Waals surface area (Å²) >= 11 is 5.81. The van der Waals surface area contributed by atoms with Crippen molar-refractivity contribution in [2.75, 3.05) is 0 Å². The Morgan fingerprint density at radius 3 is 2.50 bits per heavy atom. The van der Waals surface area contributed by atoms with Crippen LogP contribution in [0.4, 0.5) is 0 Å². The number of ether oxygens (including phenoxy) is 1. The van der Waals surface area contributed by atoms with E-state index in [4.69, 9.17) is 21.4 Å². The summed E-state index contributed by atoms with van der Waals surface area (Å²) in [5.74, 6) is 0.374. The number of carboxylic acids is 1. The summed E-state index contributed by atoms with van der Waals surface area (Å²) < 4.78 is 5.68. The minimum Gasteiger partial charge on any atom is -0.478 e. The minimum atomic E-state index is -0.936. The van der Waals surface area contributed by atoms with E-state index in [-0.39, 0.29) is 5.57 Å². The Kier molecular flexibility index (Phi) is 4.43. The Balaban J connectivity index is 2.20. The topological polar surface area (TPSA) is 46.5 Å². The molecule has 1 N–H and O–H groups in total. The molecule has 0 aliphatic carbocycles. The number of hydrogen-bond acceptors (Lipinski definition) is 2. The summed E-state index contributed by atoms with van der Waals surface area (Å²) in [5, 5.41) is 9.51. The van der Waals surface area contributed by atoms with Crippen molar-refractivity contribution in [1.82, 2.24) is 0 Å². The van der Waals surface area contributed by atoms with Gasteiger partial charge in [0.15, 0.2) is 0 Å². The molecule has 0 atom stereocenters. The Hall–Kier alpha value is -2.26. The van der Waals surface area contributed by atoms with Crippen LogP contribution in [0.1, 0.15) is 12.5 Å². The molecule has 4 heteroatoms. The van der Waals surface area contributed by atoms with Crippen molar-refractivity contribution in [2.24, 2.45) is 0 Å². The van der Waals surface area contributed by atoms with Gasteiger partial charge in [0.2, 0.25) is 0 Å². The largest absolute Gasteiger partial charge is 0.478 e. The summed E-state index contributed by atoms with van der Waals surface area (Å²) in [7, 11) is 0. The van der Waals surface area contributed by atoms with Crippen molar-refractivity contribution in [3.8, 4) is 11.5 Å². The fourth-order valence-corrected chi connectivity index (χ4v) is 1.74. The Bertz CT molecular complexity index is 645. The summed E-state index contributed by atoms with van der Waals surface area (Å²) in [6.07, 6.45) is 1.59. The number of benzene rings is 2. The zero-order chi connectivity index (χ0) is 14.5. The molecule has 2 aromatic rings. The van der Waals surface area contributed by atoms with Crippen LogP contribution in [0, 0.1) is 0 Å². The van der Waals surface area contributed by atoms with Gasteiger partial charge in [-0.25, -0.2) is 4.79 Å². The van der Waals surface area contributed by atoms with Crippen LogP contribution in [0.3, 0.4) is 0 Å². The standard InChI is InChI=1S/C16H13ClO3/c1-11(16(18)19)9-12-3-2-4-15(10-12)20-14-7-5-13(17)6-8-14/h2-10H,1H3,(H,18,19)/b11-9+. The van der Waals surface area contributed by atoms with Crippen LogP contribution in [0.15, 0.2) is 54.1 Å². The van der Waals surface area contributed by atoms with E-state index >= 15 is 0 Å². The molecular weight excluding hydrogens is 276 g/mol. The van der Waals surface area contributed by atoms with E-state index < -0.39 is 5.97 Å². The fraction of sp³-hybridized carbons (Fsp3) is 0.0625. The molecule has 20 heavy (non-hydrogen) atoms. The van der Waals surface area contributed by atoms with Gasteiger partial charge in [-0.2, -0.15) is 0 Å². The summed E-state index contributed by atoms with van der Waals surface area (Å²) in [5.41, 5.74) is 1.05. The maximum absolute atomic E-state index is 10.8. The highest BCUT2D eigenvalue weighted by Crippen LogP contribution is 2.24. The molecule has 0 aliphatic rings. The third-order valence-corrected chi connectivity index (χ3v) is 2.88. The third kappa shape index (κ3) is 3.87. The van der Waals surface area contributed by atoms with E-state index in [1.807, 2.05) is 18.2 Å². The van der Waals surface area contributed by atoms with Gasteiger partial charge in [-0.3, -0.25) is 0 Å². The third-order valence-electron chi connectivity index (χ3n) is 2.63. The maximum atomic E-state index is 10.8. The van der Waals surface area contributed by atoms with Gasteiger partial charge in [-0.15, -0.1) is 0 Å². The molecule has 0 radical (unpaired) electrons. The smallest absolute Gasteiger partial charge is 0.331 e. The van der Waals surface area contributed by atoms with Crippen LogP contribution in [0.5, 0.6) is 11.5 Å². The first-order chi connectivity index (χ1) is 9.54. The molecule has 0 fully saturated rings. The summed E-state index contributed by atoms with van der Waals surface area (Å²) in [4.78, 5) is 10.8. The SMILES string of the molecule is C/C(=C\c1cccc(Oc2ccc(Cl)cc2)c1)C(=O)O. The van der Waals surface area contributed by atoms with Gasteiger partial charge in [0.05, 0.1) is 0 Å². The van der Waals surface area contributed by atoms with E-state index in [9.17, 15) is 4.79 Å². The molecule has 0 bridgehead atoms. The van der Waals surface area contributed by atoms with Gasteiger partial charge in [0.1, 0.15) is 11.5 Å². The Morgan fingerprint density at radius 1 is 1.15 bits per heavy atom. The maximum Gasteiger partial charge on any atom is 0.331 e. The van der Waals surface area contributed by atoms with Gasteiger partial charge >= 0.3 is 5.97 Å². The quantitative estimate of drug-likeness (QED) is 0.835. The molecule has 102 valence electrons. The van der Waals surface area contributed by atoms with Gasteiger partial charge in [-0.05, 0) is 55.0 Å². The molecule has 0 saturated carbocycles. The molecule has 0 saturated heterocycles. The zero-order valence-corrected chi connectivity index (χ0v) is 11.6. The number of rotatable bonds is 4. The van der Waals surface area contributed by atoms with Crippen molar-refractivity contribution in [3.63, 3.8) is 0 Å². The molecule has 2 aromatic carbocycles. The first-order valence-electron chi connectivity index (χ1n) is 6.00. The van der Waals surface area contributed by atoms with Crippen LogP contribution in [-0.2, 0) is 4.79 Å². The van der Waals surface area contributed by atoms with Crippen molar-refractivity contribution in [1.29, 1.82) is 0 Å². The van der Waals surface area contributed by atoms with Gasteiger partial charge in [-0.1, -0.05) is 23.7 Å². The molecule has 0 aliphatic heterocycles. The Labute approximate surface area is 122 Å². The van der Waals surface area contributed by atoms with Crippen LogP contribution in [0.25, 0.3) is 6.08 Å². The second-order valence-corrected chi connectivity index (χ2v) is 4.70. The fourth-order valence-electron chi connectivity index (χ4n) is 1.62. The molecular formula is C16H13ClO3. The van der Waals surface area contributed by atoms with Gasteiger partial charge in [0.25, 0.3) is 0 Å². The predicted octanol–water partition coefficient (Wildman–Crippen LogP) is 4.62.